The lowest BCUT2D eigenvalue weighted by molar-refractivity contribution is -0.136. The fourth-order valence-corrected chi connectivity index (χ4v) is 3.90. The number of β-amino-alcohol motifs (C(OH)–C–C–N with tert-alkyl or cyclic N) is 1. The average Bonchev–Trinajstić information content (AvgIpc) is 3.37. The van der Waals surface area contributed by atoms with Crippen molar-refractivity contribution in [3.63, 3.8) is 0 Å². The van der Waals surface area contributed by atoms with Crippen LogP contribution in [0.1, 0.15) is 54.2 Å². The van der Waals surface area contributed by atoms with E-state index in [1.54, 1.807) is 16.7 Å². The number of amides is 2. The van der Waals surface area contributed by atoms with Gasteiger partial charge in [0.15, 0.2) is 18.0 Å². The fourth-order valence-electron chi connectivity index (χ4n) is 3.90. The molecule has 2 aliphatic rings. The Balaban J connectivity index is 1.60. The minimum atomic E-state index is -0.646. The predicted octanol–water partition coefficient (Wildman–Crippen LogP) is 0.521. The van der Waals surface area contributed by atoms with E-state index in [-0.39, 0.29) is 30.0 Å². The van der Waals surface area contributed by atoms with Crippen molar-refractivity contribution >= 4 is 11.8 Å². The highest BCUT2D eigenvalue weighted by Crippen LogP contribution is 2.34. The zero-order valence-electron chi connectivity index (χ0n) is 16.2. The topological polar surface area (TPSA) is 118 Å². The number of hydrogen-bond donors (Lipinski definition) is 1. The van der Waals surface area contributed by atoms with Crippen LogP contribution in [0.4, 0.5) is 0 Å². The number of rotatable bonds is 3. The van der Waals surface area contributed by atoms with E-state index in [2.05, 4.69) is 15.2 Å². The molecule has 0 aromatic carbocycles. The van der Waals surface area contributed by atoms with Gasteiger partial charge in [-0.25, -0.2) is 4.98 Å². The van der Waals surface area contributed by atoms with E-state index < -0.39 is 12.1 Å². The molecule has 150 valence electrons. The summed E-state index contributed by atoms with van der Waals surface area (Å²) in [6, 6.07) is -0.402. The molecular weight excluding hydrogens is 364 g/mol. The number of aryl methyl sites for hydroxylation is 1. The lowest BCUT2D eigenvalue weighted by Gasteiger charge is -2.30. The second-order valence-electron chi connectivity index (χ2n) is 7.67. The quantitative estimate of drug-likeness (QED) is 0.814. The highest BCUT2D eigenvalue weighted by Gasteiger charge is 2.41. The van der Waals surface area contributed by atoms with Gasteiger partial charge in [0.1, 0.15) is 0 Å². The van der Waals surface area contributed by atoms with Crippen LogP contribution in [0.15, 0.2) is 10.8 Å². The summed E-state index contributed by atoms with van der Waals surface area (Å²) in [5.74, 6) is 1.20. The van der Waals surface area contributed by atoms with Crippen molar-refractivity contribution in [2.75, 3.05) is 13.1 Å². The van der Waals surface area contributed by atoms with E-state index in [1.165, 1.54) is 6.39 Å². The van der Waals surface area contributed by atoms with Crippen LogP contribution in [0.25, 0.3) is 0 Å². The van der Waals surface area contributed by atoms with Crippen molar-refractivity contribution in [1.29, 1.82) is 0 Å². The van der Waals surface area contributed by atoms with Gasteiger partial charge in [-0.15, -0.1) is 10.2 Å². The molecule has 2 aliphatic heterocycles. The SMILES string of the molecule is Cc1ncoc1C(=O)N1C[C@@H](O)C[C@H]1c1nnc2n1CCN(C(=O)C(C)C)C2. The summed E-state index contributed by atoms with van der Waals surface area (Å²) in [5, 5.41) is 18.8. The van der Waals surface area contributed by atoms with Crippen LogP contribution in [-0.2, 0) is 17.9 Å². The highest BCUT2D eigenvalue weighted by molar-refractivity contribution is 5.92. The first-order valence-electron chi connectivity index (χ1n) is 9.46. The van der Waals surface area contributed by atoms with Crippen molar-refractivity contribution in [1.82, 2.24) is 29.5 Å². The molecule has 0 spiro atoms. The summed E-state index contributed by atoms with van der Waals surface area (Å²) < 4.78 is 7.20. The van der Waals surface area contributed by atoms with Crippen molar-refractivity contribution in [3.05, 3.63) is 29.5 Å². The molecule has 0 unspecified atom stereocenters. The van der Waals surface area contributed by atoms with Gasteiger partial charge in [0.25, 0.3) is 5.91 Å². The minimum absolute atomic E-state index is 0.0721. The summed E-state index contributed by atoms with van der Waals surface area (Å²) in [6.45, 7) is 7.19. The molecule has 0 bridgehead atoms. The predicted molar refractivity (Wildman–Crippen MR) is 95.9 cm³/mol. The van der Waals surface area contributed by atoms with Crippen LogP contribution in [0.2, 0.25) is 0 Å². The number of nitrogens with zero attached hydrogens (tertiary/aromatic N) is 6. The fraction of sp³-hybridized carbons (Fsp3) is 0.611. The first kappa shape index (κ1) is 18.6. The number of likely N-dealkylation sites (tertiary alicyclic amines) is 1. The first-order valence-corrected chi connectivity index (χ1v) is 9.46. The average molecular weight is 388 g/mol. The van der Waals surface area contributed by atoms with E-state index in [4.69, 9.17) is 4.42 Å². The van der Waals surface area contributed by atoms with E-state index in [0.29, 0.717) is 43.4 Å². The van der Waals surface area contributed by atoms with Gasteiger partial charge in [-0.2, -0.15) is 0 Å². The van der Waals surface area contributed by atoms with Gasteiger partial charge in [0.2, 0.25) is 11.7 Å². The molecule has 1 saturated heterocycles. The number of carbonyl (C=O) groups excluding carboxylic acids is 2. The Morgan fingerprint density at radius 3 is 2.75 bits per heavy atom. The molecule has 1 N–H and O–H groups in total. The van der Waals surface area contributed by atoms with Crippen LogP contribution < -0.4 is 0 Å². The molecule has 10 heteroatoms. The maximum Gasteiger partial charge on any atom is 0.292 e. The van der Waals surface area contributed by atoms with Gasteiger partial charge >= 0.3 is 0 Å². The Morgan fingerprint density at radius 2 is 2.07 bits per heavy atom. The number of hydrogen-bond acceptors (Lipinski definition) is 7. The van der Waals surface area contributed by atoms with Crippen molar-refractivity contribution in [3.8, 4) is 0 Å². The second-order valence-corrected chi connectivity index (χ2v) is 7.67. The van der Waals surface area contributed by atoms with Gasteiger partial charge in [-0.1, -0.05) is 13.8 Å². The third-order valence-corrected chi connectivity index (χ3v) is 5.37. The van der Waals surface area contributed by atoms with Gasteiger partial charge in [0.05, 0.1) is 24.4 Å². The maximum atomic E-state index is 12.9. The molecule has 2 aromatic heterocycles. The first-order chi connectivity index (χ1) is 13.4. The summed E-state index contributed by atoms with van der Waals surface area (Å²) in [5.41, 5.74) is 0.510. The summed E-state index contributed by atoms with van der Waals surface area (Å²) in [7, 11) is 0. The van der Waals surface area contributed by atoms with E-state index >= 15 is 0 Å². The lowest BCUT2D eigenvalue weighted by atomic mass is 10.1. The third kappa shape index (κ3) is 3.07. The molecule has 0 saturated carbocycles. The molecule has 28 heavy (non-hydrogen) atoms. The zero-order valence-corrected chi connectivity index (χ0v) is 16.2. The number of fused-ring (bicyclic) bond motifs is 1. The van der Waals surface area contributed by atoms with Crippen LogP contribution in [0.5, 0.6) is 0 Å². The zero-order chi connectivity index (χ0) is 20.0. The van der Waals surface area contributed by atoms with E-state index in [1.807, 2.05) is 18.4 Å². The van der Waals surface area contributed by atoms with Gasteiger partial charge in [-0.3, -0.25) is 9.59 Å². The molecule has 2 amide bonds. The lowest BCUT2D eigenvalue weighted by Crippen LogP contribution is -2.41. The molecule has 0 aliphatic carbocycles. The Labute approximate surface area is 162 Å². The number of aliphatic hydroxyl groups excluding tert-OH is 1. The molecule has 2 atom stereocenters. The van der Waals surface area contributed by atoms with Crippen molar-refractivity contribution in [2.24, 2.45) is 5.92 Å². The standard InChI is InChI=1S/C18H24N6O4/c1-10(2)17(26)22-4-5-23-14(8-22)20-21-16(23)13-6-12(25)7-24(13)18(27)15-11(3)19-9-28-15/h9-10,12-13,25H,4-8H2,1-3H3/t12-,13-/m0/s1. The smallest absolute Gasteiger partial charge is 0.292 e. The highest BCUT2D eigenvalue weighted by atomic mass is 16.4. The Morgan fingerprint density at radius 1 is 1.29 bits per heavy atom. The van der Waals surface area contributed by atoms with Crippen LogP contribution >= 0.6 is 0 Å². The second kappa shape index (κ2) is 7.01. The minimum Gasteiger partial charge on any atom is -0.438 e. The molecule has 4 rings (SSSR count). The van der Waals surface area contributed by atoms with Crippen LogP contribution in [0.3, 0.4) is 0 Å². The summed E-state index contributed by atoms with van der Waals surface area (Å²) in [4.78, 5) is 32.5. The van der Waals surface area contributed by atoms with Crippen LogP contribution in [-0.4, -0.2) is 65.7 Å². The molecule has 1 fully saturated rings. The maximum absolute atomic E-state index is 12.9. The Kier molecular flexibility index (Phi) is 4.66. The van der Waals surface area contributed by atoms with Crippen LogP contribution in [0, 0.1) is 12.8 Å². The summed E-state index contributed by atoms with van der Waals surface area (Å²) >= 11 is 0. The molecule has 0 radical (unpaired) electrons. The summed E-state index contributed by atoms with van der Waals surface area (Å²) in [6.07, 6.45) is 0.974. The van der Waals surface area contributed by atoms with Crippen molar-refractivity contribution in [2.45, 2.75) is 52.4 Å². The van der Waals surface area contributed by atoms with Gasteiger partial charge in [0, 0.05) is 32.0 Å². The number of aliphatic hydroxyl groups is 1. The molecular formula is C18H24N6O4. The van der Waals surface area contributed by atoms with E-state index in [0.717, 1.165) is 0 Å². The molecule has 2 aromatic rings. The Bertz CT molecular complexity index is 904. The Hall–Kier alpha value is -2.75. The third-order valence-electron chi connectivity index (χ3n) is 5.37. The number of carbonyl (C=O) groups is 2. The van der Waals surface area contributed by atoms with Gasteiger partial charge in [-0.05, 0) is 6.92 Å². The molecule has 10 nitrogen and oxygen atoms in total. The number of aromatic nitrogens is 4. The number of oxazole rings is 1. The largest absolute Gasteiger partial charge is 0.438 e. The van der Waals surface area contributed by atoms with Gasteiger partial charge < -0.3 is 23.9 Å². The normalized spacial score (nSPS) is 22.0. The van der Waals surface area contributed by atoms with Crippen molar-refractivity contribution < 1.29 is 19.1 Å². The monoisotopic (exact) mass is 388 g/mol. The van der Waals surface area contributed by atoms with E-state index in [9.17, 15) is 14.7 Å². The molecule has 4 heterocycles.